The van der Waals surface area contributed by atoms with E-state index in [0.717, 1.165) is 24.5 Å². The van der Waals surface area contributed by atoms with Crippen LogP contribution in [0.2, 0.25) is 0 Å². The Kier molecular flexibility index (Phi) is 6.69. The number of likely N-dealkylation sites (tertiary alicyclic amines) is 1. The van der Waals surface area contributed by atoms with E-state index in [2.05, 4.69) is 16.7 Å². The molecule has 2 amide bonds. The number of nitrogens with zero attached hydrogens (tertiary/aromatic N) is 3. The lowest BCUT2D eigenvalue weighted by Crippen LogP contribution is -2.50. The maximum Gasteiger partial charge on any atom is 0.408 e. The molecule has 0 unspecified atom stereocenters. The molecule has 0 aromatic heterocycles. The Morgan fingerprint density at radius 1 is 1.18 bits per heavy atom. The molecule has 1 saturated heterocycles. The van der Waals surface area contributed by atoms with Crippen LogP contribution in [0.4, 0.5) is 4.79 Å². The second kappa shape index (κ2) is 8.04. The highest BCUT2D eigenvalue weighted by Gasteiger charge is 2.28. The largest absolute Gasteiger partial charge is 0.465 e. The molecule has 22 heavy (non-hydrogen) atoms. The fourth-order valence-electron chi connectivity index (χ4n) is 2.22. The predicted molar refractivity (Wildman–Crippen MR) is 85.6 cm³/mol. The van der Waals surface area contributed by atoms with Gasteiger partial charge in [0.05, 0.1) is 13.1 Å². The molecular formula is C16H27N3O3. The first-order chi connectivity index (χ1) is 10.2. The van der Waals surface area contributed by atoms with Gasteiger partial charge in [-0.2, -0.15) is 0 Å². The second-order valence-electron chi connectivity index (χ2n) is 6.63. The number of carboxylic acid groups (broad SMARTS) is 1. The van der Waals surface area contributed by atoms with Crippen molar-refractivity contribution in [1.29, 1.82) is 0 Å². The molecular weight excluding hydrogens is 282 g/mol. The zero-order valence-electron chi connectivity index (χ0n) is 14.1. The summed E-state index contributed by atoms with van der Waals surface area (Å²) in [5.41, 5.74) is -0.607. The molecule has 1 rings (SSSR count). The summed E-state index contributed by atoms with van der Waals surface area (Å²) < 4.78 is 0. The Morgan fingerprint density at radius 3 is 2.27 bits per heavy atom. The van der Waals surface area contributed by atoms with Crippen LogP contribution in [0, 0.1) is 11.8 Å². The fourth-order valence-corrected chi connectivity index (χ4v) is 2.22. The van der Waals surface area contributed by atoms with E-state index in [9.17, 15) is 14.7 Å². The molecule has 0 saturated carbocycles. The molecule has 6 nitrogen and oxygen atoms in total. The van der Waals surface area contributed by atoms with Gasteiger partial charge >= 0.3 is 6.09 Å². The first kappa shape index (κ1) is 18.3. The summed E-state index contributed by atoms with van der Waals surface area (Å²) in [4.78, 5) is 28.2. The highest BCUT2D eigenvalue weighted by molar-refractivity contribution is 5.82. The smallest absolute Gasteiger partial charge is 0.408 e. The standard InChI is InChI=1S/C16H27N3O3/c1-16(2,3)19(15(21)22)13-14(20)17(4)9-5-6-10-18-11-7-8-12-18/h7-13H2,1-4H3,(H,21,22). The van der Waals surface area contributed by atoms with Crippen LogP contribution >= 0.6 is 0 Å². The Bertz CT molecular complexity index is 453. The lowest BCUT2D eigenvalue weighted by Gasteiger charge is -2.33. The topological polar surface area (TPSA) is 64.1 Å². The summed E-state index contributed by atoms with van der Waals surface area (Å²) in [6.45, 7) is 8.42. The Morgan fingerprint density at radius 2 is 1.77 bits per heavy atom. The van der Waals surface area contributed by atoms with E-state index in [1.54, 1.807) is 27.8 Å². The molecule has 6 heteroatoms. The van der Waals surface area contributed by atoms with E-state index in [0.29, 0.717) is 6.54 Å². The molecule has 1 heterocycles. The second-order valence-corrected chi connectivity index (χ2v) is 6.63. The van der Waals surface area contributed by atoms with Crippen LogP contribution in [0.15, 0.2) is 0 Å². The average molecular weight is 309 g/mol. The zero-order valence-corrected chi connectivity index (χ0v) is 14.1. The van der Waals surface area contributed by atoms with Crippen LogP contribution in [0.5, 0.6) is 0 Å². The molecule has 0 aromatic rings. The van der Waals surface area contributed by atoms with Gasteiger partial charge in [-0.1, -0.05) is 11.8 Å². The fraction of sp³-hybridized carbons (Fsp3) is 0.750. The van der Waals surface area contributed by atoms with Gasteiger partial charge in [0, 0.05) is 12.6 Å². The van der Waals surface area contributed by atoms with Crippen molar-refractivity contribution in [3.05, 3.63) is 0 Å². The maximum absolute atomic E-state index is 12.1. The predicted octanol–water partition coefficient (Wildman–Crippen LogP) is 1.32. The first-order valence-corrected chi connectivity index (χ1v) is 7.64. The molecule has 0 spiro atoms. The van der Waals surface area contributed by atoms with Gasteiger partial charge < -0.3 is 10.0 Å². The molecule has 1 fully saturated rings. The van der Waals surface area contributed by atoms with Crippen molar-refractivity contribution in [1.82, 2.24) is 14.7 Å². The van der Waals surface area contributed by atoms with Gasteiger partial charge in [-0.25, -0.2) is 4.79 Å². The van der Waals surface area contributed by atoms with Crippen molar-refractivity contribution in [3.63, 3.8) is 0 Å². The Balaban J connectivity index is 2.43. The molecule has 1 N–H and O–H groups in total. The van der Waals surface area contributed by atoms with Gasteiger partial charge in [0.1, 0.15) is 6.54 Å². The summed E-state index contributed by atoms with van der Waals surface area (Å²) in [6, 6.07) is 0. The van der Waals surface area contributed by atoms with Gasteiger partial charge in [-0.3, -0.25) is 14.6 Å². The van der Waals surface area contributed by atoms with E-state index >= 15 is 0 Å². The summed E-state index contributed by atoms with van der Waals surface area (Å²) in [7, 11) is 1.65. The van der Waals surface area contributed by atoms with Crippen molar-refractivity contribution in [2.75, 3.05) is 39.8 Å². The minimum Gasteiger partial charge on any atom is -0.465 e. The number of amides is 2. The third-order valence-electron chi connectivity index (χ3n) is 3.70. The SMILES string of the molecule is CN(CC#CCN1CCCC1)C(=O)CN(C(=O)O)C(C)(C)C. The van der Waals surface area contributed by atoms with Gasteiger partial charge in [-0.15, -0.1) is 0 Å². The highest BCUT2D eigenvalue weighted by atomic mass is 16.4. The van der Waals surface area contributed by atoms with Crippen LogP contribution < -0.4 is 0 Å². The summed E-state index contributed by atoms with van der Waals surface area (Å²) in [5, 5.41) is 9.20. The molecule has 124 valence electrons. The van der Waals surface area contributed by atoms with Gasteiger partial charge in [0.25, 0.3) is 0 Å². The van der Waals surface area contributed by atoms with E-state index in [4.69, 9.17) is 0 Å². The summed E-state index contributed by atoms with van der Waals surface area (Å²) in [5.74, 6) is 5.81. The van der Waals surface area contributed by atoms with Crippen molar-refractivity contribution < 1.29 is 14.7 Å². The minimum atomic E-state index is -1.09. The summed E-state index contributed by atoms with van der Waals surface area (Å²) in [6.07, 6.45) is 1.38. The number of likely N-dealkylation sites (N-methyl/N-ethyl adjacent to an activating group) is 1. The number of carbonyl (C=O) groups is 2. The van der Waals surface area contributed by atoms with Crippen molar-refractivity contribution >= 4 is 12.0 Å². The van der Waals surface area contributed by atoms with Gasteiger partial charge in [-0.05, 0) is 46.7 Å². The van der Waals surface area contributed by atoms with Crippen LogP contribution in [-0.4, -0.2) is 77.1 Å². The minimum absolute atomic E-state index is 0.150. The third kappa shape index (κ3) is 5.94. The van der Waals surface area contributed by atoms with Crippen molar-refractivity contribution in [3.8, 4) is 11.8 Å². The van der Waals surface area contributed by atoms with E-state index in [-0.39, 0.29) is 12.5 Å². The molecule has 0 aliphatic carbocycles. The van der Waals surface area contributed by atoms with Gasteiger partial charge in [0.15, 0.2) is 0 Å². The van der Waals surface area contributed by atoms with Gasteiger partial charge in [0.2, 0.25) is 5.91 Å². The number of rotatable bonds is 4. The van der Waals surface area contributed by atoms with Crippen LogP contribution in [0.3, 0.4) is 0 Å². The molecule has 1 aliphatic rings. The lowest BCUT2D eigenvalue weighted by molar-refractivity contribution is -0.131. The zero-order chi connectivity index (χ0) is 16.8. The first-order valence-electron chi connectivity index (χ1n) is 7.64. The molecule has 0 atom stereocenters. The van der Waals surface area contributed by atoms with E-state index < -0.39 is 11.6 Å². The quantitative estimate of drug-likeness (QED) is 0.796. The third-order valence-corrected chi connectivity index (χ3v) is 3.70. The van der Waals surface area contributed by atoms with Crippen LogP contribution in [0.25, 0.3) is 0 Å². The van der Waals surface area contributed by atoms with Crippen molar-refractivity contribution in [2.24, 2.45) is 0 Å². The van der Waals surface area contributed by atoms with Crippen LogP contribution in [-0.2, 0) is 4.79 Å². The lowest BCUT2D eigenvalue weighted by atomic mass is 10.1. The molecule has 0 bridgehead atoms. The monoisotopic (exact) mass is 309 g/mol. The molecule has 0 aromatic carbocycles. The molecule has 0 radical (unpaired) electrons. The number of hydrogen-bond acceptors (Lipinski definition) is 3. The van der Waals surface area contributed by atoms with E-state index in [1.807, 2.05) is 0 Å². The number of carbonyl (C=O) groups excluding carboxylic acids is 1. The molecule has 1 aliphatic heterocycles. The normalized spacial score (nSPS) is 15.1. The Labute approximate surface area is 133 Å². The summed E-state index contributed by atoms with van der Waals surface area (Å²) >= 11 is 0. The number of hydrogen-bond donors (Lipinski definition) is 1. The van der Waals surface area contributed by atoms with Crippen molar-refractivity contribution in [2.45, 2.75) is 39.2 Å². The highest BCUT2D eigenvalue weighted by Crippen LogP contribution is 2.13. The average Bonchev–Trinajstić information content (AvgIpc) is 2.91. The Hall–Kier alpha value is -1.74. The van der Waals surface area contributed by atoms with E-state index in [1.165, 1.54) is 17.7 Å². The van der Waals surface area contributed by atoms with Crippen LogP contribution in [0.1, 0.15) is 33.6 Å². The maximum atomic E-state index is 12.1.